The van der Waals surface area contributed by atoms with Crippen molar-refractivity contribution < 1.29 is 17.9 Å². The largest absolute Gasteiger partial charge is 0.492 e. The Morgan fingerprint density at radius 2 is 1.74 bits per heavy atom. The van der Waals surface area contributed by atoms with E-state index in [4.69, 9.17) is 27.8 Å². The minimum Gasteiger partial charge on any atom is -0.492 e. The number of halogens is 4. The number of aromatic nitrogens is 3. The summed E-state index contributed by atoms with van der Waals surface area (Å²) in [6.45, 7) is 8.52. The number of ether oxygens (including phenoxy) is 1. The summed E-state index contributed by atoms with van der Waals surface area (Å²) in [6.07, 6.45) is -3.64. The first kappa shape index (κ1) is 25.6. The lowest BCUT2D eigenvalue weighted by molar-refractivity contribution is -0.137. The predicted octanol–water partition coefficient (Wildman–Crippen LogP) is 5.18. The summed E-state index contributed by atoms with van der Waals surface area (Å²) in [7, 11) is 0. The third kappa shape index (κ3) is 6.54. The minimum absolute atomic E-state index is 0.00156. The third-order valence-corrected chi connectivity index (χ3v) is 5.31. The van der Waals surface area contributed by atoms with Gasteiger partial charge in [0, 0.05) is 12.1 Å². The molecule has 0 atom stereocenters. The summed E-state index contributed by atoms with van der Waals surface area (Å²) in [4.78, 5) is 3.72. The fourth-order valence-corrected chi connectivity index (χ4v) is 3.63. The zero-order chi connectivity index (χ0) is 25.1. The normalized spacial score (nSPS) is 12.2. The highest BCUT2D eigenvalue weighted by Crippen LogP contribution is 2.43. The van der Waals surface area contributed by atoms with Crippen LogP contribution >= 0.6 is 11.6 Å². The van der Waals surface area contributed by atoms with Gasteiger partial charge in [-0.3, -0.25) is 0 Å². The molecule has 2 aromatic carbocycles. The molecular formula is C23H28ClF3N6O. The van der Waals surface area contributed by atoms with E-state index < -0.39 is 11.7 Å². The van der Waals surface area contributed by atoms with Crippen molar-refractivity contribution in [2.75, 3.05) is 31.2 Å². The number of nitrogens with one attached hydrogen (secondary N) is 1. The lowest BCUT2D eigenvalue weighted by Crippen LogP contribution is -2.25. The molecule has 0 fully saturated rings. The van der Waals surface area contributed by atoms with Gasteiger partial charge in [-0.1, -0.05) is 44.5 Å². The Morgan fingerprint density at radius 3 is 2.29 bits per heavy atom. The van der Waals surface area contributed by atoms with E-state index in [1.165, 1.54) is 6.07 Å². The number of nitrogen functional groups attached to an aromatic ring is 2. The molecule has 0 amide bonds. The highest BCUT2D eigenvalue weighted by Gasteiger charge is 2.36. The summed E-state index contributed by atoms with van der Waals surface area (Å²) in [5.41, 5.74) is 10.7. The van der Waals surface area contributed by atoms with Crippen molar-refractivity contribution >= 4 is 23.5 Å². The second kappa shape index (κ2) is 10.1. The van der Waals surface area contributed by atoms with Gasteiger partial charge in [0.1, 0.15) is 12.4 Å². The molecule has 3 rings (SSSR count). The number of anilines is 2. The third-order valence-electron chi connectivity index (χ3n) is 5.02. The molecule has 0 radical (unpaired) electrons. The molecule has 5 N–H and O–H groups in total. The highest BCUT2D eigenvalue weighted by molar-refractivity contribution is 6.33. The number of nitrogens with two attached hydrogens (primary N) is 2. The van der Waals surface area contributed by atoms with Gasteiger partial charge < -0.3 is 21.5 Å². The standard InChI is InChI=1S/C23H28ClF3N6O/c1-22(2,3)8-9-30-10-11-34-16-6-4-14(5-7-16)19-17(23(25,26)27)12-15(13-18(19)24)33-21(29)31-20(28)32-33/h4-7,12-13,30H,8-11H2,1-3H3,(H4,28,29,31,32). The molecule has 0 aliphatic rings. The van der Waals surface area contributed by atoms with E-state index in [0.717, 1.165) is 23.7 Å². The van der Waals surface area contributed by atoms with E-state index in [0.29, 0.717) is 24.5 Å². The first-order valence-corrected chi connectivity index (χ1v) is 11.1. The Kier molecular flexibility index (Phi) is 7.62. The van der Waals surface area contributed by atoms with Gasteiger partial charge >= 0.3 is 6.18 Å². The van der Waals surface area contributed by atoms with Gasteiger partial charge in [-0.2, -0.15) is 22.8 Å². The molecule has 11 heteroatoms. The Bertz CT molecular complexity index is 1120. The molecule has 0 aliphatic carbocycles. The van der Waals surface area contributed by atoms with Crippen LogP contribution in [0.2, 0.25) is 5.02 Å². The van der Waals surface area contributed by atoms with Crippen molar-refractivity contribution in [2.24, 2.45) is 5.41 Å². The maximum atomic E-state index is 13.9. The molecule has 7 nitrogen and oxygen atoms in total. The fourth-order valence-electron chi connectivity index (χ4n) is 3.31. The number of hydrogen-bond donors (Lipinski definition) is 3. The maximum absolute atomic E-state index is 13.9. The van der Waals surface area contributed by atoms with Crippen LogP contribution in [0.3, 0.4) is 0 Å². The van der Waals surface area contributed by atoms with Crippen LogP contribution in [0.15, 0.2) is 36.4 Å². The van der Waals surface area contributed by atoms with Crippen LogP contribution in [-0.4, -0.2) is 34.5 Å². The van der Waals surface area contributed by atoms with Crippen molar-refractivity contribution in [3.63, 3.8) is 0 Å². The van der Waals surface area contributed by atoms with Gasteiger partial charge in [0.25, 0.3) is 0 Å². The first-order chi connectivity index (χ1) is 15.8. The van der Waals surface area contributed by atoms with E-state index in [1.54, 1.807) is 24.3 Å². The Morgan fingerprint density at radius 1 is 1.06 bits per heavy atom. The molecule has 0 aliphatic heterocycles. The van der Waals surface area contributed by atoms with Gasteiger partial charge in [-0.05, 0) is 48.2 Å². The van der Waals surface area contributed by atoms with Crippen LogP contribution in [0, 0.1) is 5.41 Å². The minimum atomic E-state index is -4.68. The molecule has 0 unspecified atom stereocenters. The van der Waals surface area contributed by atoms with E-state index in [2.05, 4.69) is 36.2 Å². The smallest absolute Gasteiger partial charge is 0.417 e. The molecule has 0 saturated heterocycles. The quantitative estimate of drug-likeness (QED) is 0.371. The van der Waals surface area contributed by atoms with Gasteiger partial charge in [-0.15, -0.1) is 5.10 Å². The van der Waals surface area contributed by atoms with Gasteiger partial charge in [0.15, 0.2) is 0 Å². The van der Waals surface area contributed by atoms with Crippen LogP contribution in [-0.2, 0) is 6.18 Å². The Balaban J connectivity index is 1.78. The van der Waals surface area contributed by atoms with Crippen molar-refractivity contribution in [1.82, 2.24) is 20.1 Å². The second-order valence-electron chi connectivity index (χ2n) is 9.02. The zero-order valence-electron chi connectivity index (χ0n) is 19.2. The van der Waals surface area contributed by atoms with E-state index >= 15 is 0 Å². The molecule has 1 heterocycles. The van der Waals surface area contributed by atoms with Crippen LogP contribution in [0.1, 0.15) is 32.8 Å². The number of alkyl halides is 3. The first-order valence-electron chi connectivity index (χ1n) is 10.7. The second-order valence-corrected chi connectivity index (χ2v) is 9.43. The molecule has 184 valence electrons. The highest BCUT2D eigenvalue weighted by atomic mass is 35.5. The molecule has 0 saturated carbocycles. The van der Waals surface area contributed by atoms with Crippen LogP contribution in [0.4, 0.5) is 25.1 Å². The zero-order valence-corrected chi connectivity index (χ0v) is 20.0. The van der Waals surface area contributed by atoms with Gasteiger partial charge in [0.05, 0.1) is 16.3 Å². The van der Waals surface area contributed by atoms with Crippen LogP contribution in [0.5, 0.6) is 5.75 Å². The average molecular weight is 497 g/mol. The molecule has 0 spiro atoms. The lowest BCUT2D eigenvalue weighted by atomic mass is 9.92. The topological polar surface area (TPSA) is 104 Å². The van der Waals surface area contributed by atoms with E-state index in [-0.39, 0.29) is 33.6 Å². The summed E-state index contributed by atoms with van der Waals surface area (Å²) in [5, 5.41) is 7.02. The number of rotatable bonds is 8. The molecular weight excluding hydrogens is 469 g/mol. The molecule has 0 bridgehead atoms. The van der Waals surface area contributed by atoms with Crippen molar-refractivity contribution in [1.29, 1.82) is 0 Å². The monoisotopic (exact) mass is 496 g/mol. The van der Waals surface area contributed by atoms with Crippen molar-refractivity contribution in [2.45, 2.75) is 33.4 Å². The summed E-state index contributed by atoms with van der Waals surface area (Å²) in [5.74, 6) is 0.239. The average Bonchev–Trinajstić information content (AvgIpc) is 3.07. The van der Waals surface area contributed by atoms with Gasteiger partial charge in [-0.25, -0.2) is 0 Å². The molecule has 34 heavy (non-hydrogen) atoms. The fraction of sp³-hybridized carbons (Fsp3) is 0.391. The Hall–Kier alpha value is -2.98. The number of benzene rings is 2. The van der Waals surface area contributed by atoms with E-state index in [1.807, 2.05) is 0 Å². The number of hydrogen-bond acceptors (Lipinski definition) is 6. The van der Waals surface area contributed by atoms with Gasteiger partial charge in [0.2, 0.25) is 11.9 Å². The maximum Gasteiger partial charge on any atom is 0.417 e. The van der Waals surface area contributed by atoms with Crippen LogP contribution in [0.25, 0.3) is 16.8 Å². The summed E-state index contributed by atoms with van der Waals surface area (Å²) in [6, 6.07) is 8.57. The summed E-state index contributed by atoms with van der Waals surface area (Å²) >= 11 is 6.31. The molecule has 1 aromatic heterocycles. The van der Waals surface area contributed by atoms with E-state index in [9.17, 15) is 13.2 Å². The summed E-state index contributed by atoms with van der Waals surface area (Å²) < 4.78 is 48.5. The molecule has 3 aromatic rings. The van der Waals surface area contributed by atoms with Crippen LogP contribution < -0.4 is 21.5 Å². The predicted molar refractivity (Wildman–Crippen MR) is 128 cm³/mol. The van der Waals surface area contributed by atoms with Crippen molar-refractivity contribution in [3.05, 3.63) is 47.0 Å². The SMILES string of the molecule is CC(C)(C)CCNCCOc1ccc(-c2c(Cl)cc(-n3nc(N)nc3N)cc2C(F)(F)F)cc1. The Labute approximate surface area is 201 Å². The number of nitrogens with zero attached hydrogens (tertiary/aromatic N) is 3. The van der Waals surface area contributed by atoms with Crippen molar-refractivity contribution in [3.8, 4) is 22.6 Å². The lowest BCUT2D eigenvalue weighted by Gasteiger charge is -2.18.